The van der Waals surface area contributed by atoms with Crippen LogP contribution in [0.5, 0.6) is 0 Å². The van der Waals surface area contributed by atoms with Crippen LogP contribution < -0.4 is 0 Å². The molecule has 9 heteroatoms. The standard InChI is InChI=1S/C13H7ClN4O2S2/c14-11-10-9(6-7-21-10)18-12(15-11)13(16-17-18)22(19,20)8-4-2-1-3-5-8/h1-7H. The van der Waals surface area contributed by atoms with Crippen LogP contribution in [0.15, 0.2) is 51.7 Å². The molecule has 0 aliphatic rings. The lowest BCUT2D eigenvalue weighted by Gasteiger charge is -2.01. The molecule has 3 aromatic heterocycles. The van der Waals surface area contributed by atoms with E-state index in [0.29, 0.717) is 5.52 Å². The lowest BCUT2D eigenvalue weighted by Crippen LogP contribution is -2.04. The number of halogens is 1. The number of hydrogen-bond acceptors (Lipinski definition) is 6. The van der Waals surface area contributed by atoms with Gasteiger partial charge in [-0.05, 0) is 23.6 Å². The maximum absolute atomic E-state index is 12.7. The number of aromatic nitrogens is 4. The average Bonchev–Trinajstić information content (AvgIpc) is 3.14. The third kappa shape index (κ3) is 1.84. The molecule has 0 spiro atoms. The first kappa shape index (κ1) is 13.6. The largest absolute Gasteiger partial charge is 0.229 e. The van der Waals surface area contributed by atoms with Gasteiger partial charge in [0, 0.05) is 0 Å². The smallest absolute Gasteiger partial charge is 0.217 e. The lowest BCUT2D eigenvalue weighted by atomic mass is 10.4. The van der Waals surface area contributed by atoms with Gasteiger partial charge < -0.3 is 0 Å². The molecule has 0 aliphatic carbocycles. The first-order valence-electron chi connectivity index (χ1n) is 6.17. The normalized spacial score (nSPS) is 12.2. The van der Waals surface area contributed by atoms with Crippen molar-refractivity contribution in [3.63, 3.8) is 0 Å². The van der Waals surface area contributed by atoms with Crippen molar-refractivity contribution in [3.05, 3.63) is 46.9 Å². The number of sulfone groups is 1. The highest BCUT2D eigenvalue weighted by Gasteiger charge is 2.26. The number of thiophene rings is 1. The first-order valence-corrected chi connectivity index (χ1v) is 8.91. The number of fused-ring (bicyclic) bond motifs is 3. The Labute approximate surface area is 133 Å². The van der Waals surface area contributed by atoms with E-state index in [2.05, 4.69) is 15.3 Å². The molecule has 0 amide bonds. The van der Waals surface area contributed by atoms with Crippen LogP contribution in [0.2, 0.25) is 5.15 Å². The topological polar surface area (TPSA) is 77.2 Å². The van der Waals surface area contributed by atoms with Crippen molar-refractivity contribution < 1.29 is 8.42 Å². The molecule has 0 atom stereocenters. The summed E-state index contributed by atoms with van der Waals surface area (Å²) in [4.78, 5) is 4.30. The van der Waals surface area contributed by atoms with E-state index in [0.717, 1.165) is 4.70 Å². The SMILES string of the molecule is O=S(=O)(c1ccccc1)c1nnn2c1nc(Cl)c1sccc12. The molecule has 0 saturated heterocycles. The van der Waals surface area contributed by atoms with Gasteiger partial charge in [0.05, 0.1) is 15.1 Å². The third-order valence-electron chi connectivity index (χ3n) is 3.19. The van der Waals surface area contributed by atoms with Crippen molar-refractivity contribution in [1.29, 1.82) is 0 Å². The summed E-state index contributed by atoms with van der Waals surface area (Å²) < 4.78 is 27.5. The second kappa shape index (κ2) is 4.73. The Morgan fingerprint density at radius 3 is 2.68 bits per heavy atom. The molecule has 0 fully saturated rings. The Balaban J connectivity index is 2.07. The molecular weight excluding hydrogens is 344 g/mol. The fourth-order valence-corrected chi connectivity index (χ4v) is 4.49. The Morgan fingerprint density at radius 2 is 1.91 bits per heavy atom. The van der Waals surface area contributed by atoms with E-state index in [-0.39, 0.29) is 20.7 Å². The van der Waals surface area contributed by atoms with E-state index < -0.39 is 9.84 Å². The van der Waals surface area contributed by atoms with Crippen LogP contribution in [0.3, 0.4) is 0 Å². The van der Waals surface area contributed by atoms with Gasteiger partial charge in [-0.3, -0.25) is 0 Å². The molecule has 0 bridgehead atoms. The minimum absolute atomic E-state index is 0.125. The Hall–Kier alpha value is -2.03. The van der Waals surface area contributed by atoms with E-state index >= 15 is 0 Å². The molecule has 0 saturated carbocycles. The molecule has 1 aromatic carbocycles. The summed E-state index contributed by atoms with van der Waals surface area (Å²) in [5.74, 6) is 0. The second-order valence-electron chi connectivity index (χ2n) is 4.48. The molecule has 0 N–H and O–H groups in total. The molecule has 0 unspecified atom stereocenters. The predicted octanol–water partition coefficient (Wildman–Crippen LogP) is 2.83. The first-order chi connectivity index (χ1) is 10.6. The highest BCUT2D eigenvalue weighted by atomic mass is 35.5. The summed E-state index contributed by atoms with van der Waals surface area (Å²) in [5, 5.41) is 9.63. The number of rotatable bonds is 2. The molecule has 4 aromatic rings. The highest BCUT2D eigenvalue weighted by Crippen LogP contribution is 2.30. The van der Waals surface area contributed by atoms with E-state index in [9.17, 15) is 8.42 Å². The number of hydrogen-bond donors (Lipinski definition) is 0. The van der Waals surface area contributed by atoms with Crippen molar-refractivity contribution in [2.45, 2.75) is 9.92 Å². The van der Waals surface area contributed by atoms with Gasteiger partial charge in [0.15, 0.2) is 10.8 Å². The van der Waals surface area contributed by atoms with Crippen molar-refractivity contribution in [1.82, 2.24) is 19.8 Å². The van der Waals surface area contributed by atoms with Crippen LogP contribution in [-0.4, -0.2) is 28.2 Å². The molecule has 110 valence electrons. The van der Waals surface area contributed by atoms with E-state index in [1.807, 2.05) is 5.38 Å². The van der Waals surface area contributed by atoms with Gasteiger partial charge in [-0.25, -0.2) is 13.4 Å². The predicted molar refractivity (Wildman–Crippen MR) is 83.1 cm³/mol. The summed E-state index contributed by atoms with van der Waals surface area (Å²) in [6.45, 7) is 0. The maximum Gasteiger partial charge on any atom is 0.229 e. The molecule has 22 heavy (non-hydrogen) atoms. The molecule has 0 aliphatic heterocycles. The van der Waals surface area contributed by atoms with Crippen LogP contribution in [-0.2, 0) is 9.84 Å². The fourth-order valence-electron chi connectivity index (χ4n) is 2.17. The maximum atomic E-state index is 12.7. The van der Waals surface area contributed by atoms with Gasteiger partial charge in [0.25, 0.3) is 0 Å². The van der Waals surface area contributed by atoms with Gasteiger partial charge in [-0.15, -0.1) is 16.4 Å². The van der Waals surface area contributed by atoms with Gasteiger partial charge in [-0.2, -0.15) is 4.52 Å². The Morgan fingerprint density at radius 1 is 1.14 bits per heavy atom. The van der Waals surface area contributed by atoms with Crippen molar-refractivity contribution in [3.8, 4) is 0 Å². The zero-order valence-corrected chi connectivity index (χ0v) is 13.2. The monoisotopic (exact) mass is 350 g/mol. The summed E-state index contributed by atoms with van der Waals surface area (Å²) in [6.07, 6.45) is 0. The molecule has 6 nitrogen and oxygen atoms in total. The third-order valence-corrected chi connectivity index (χ3v) is 6.15. The zero-order chi connectivity index (χ0) is 15.3. The highest BCUT2D eigenvalue weighted by molar-refractivity contribution is 7.91. The Kier molecular flexibility index (Phi) is 2.93. The lowest BCUT2D eigenvalue weighted by molar-refractivity contribution is 0.592. The summed E-state index contributed by atoms with van der Waals surface area (Å²) in [7, 11) is -3.80. The average molecular weight is 351 g/mol. The molecule has 4 rings (SSSR count). The summed E-state index contributed by atoms with van der Waals surface area (Å²) in [5.41, 5.74) is 0.807. The molecule has 0 radical (unpaired) electrons. The zero-order valence-electron chi connectivity index (χ0n) is 10.8. The summed E-state index contributed by atoms with van der Waals surface area (Å²) in [6, 6.07) is 9.85. The van der Waals surface area contributed by atoms with Crippen LogP contribution in [0.4, 0.5) is 0 Å². The van der Waals surface area contributed by atoms with E-state index in [1.165, 1.54) is 28.0 Å². The minimum Gasteiger partial charge on any atom is -0.217 e. The van der Waals surface area contributed by atoms with Crippen LogP contribution in [0.25, 0.3) is 15.9 Å². The number of nitrogens with zero attached hydrogens (tertiary/aromatic N) is 4. The number of benzene rings is 1. The second-order valence-corrected chi connectivity index (χ2v) is 7.62. The van der Waals surface area contributed by atoms with E-state index in [4.69, 9.17) is 11.6 Å². The minimum atomic E-state index is -3.80. The summed E-state index contributed by atoms with van der Waals surface area (Å²) >= 11 is 7.55. The fraction of sp³-hybridized carbons (Fsp3) is 0. The van der Waals surface area contributed by atoms with Gasteiger partial charge in [0.1, 0.15) is 0 Å². The quantitative estimate of drug-likeness (QED) is 0.519. The molecular formula is C13H7ClN4O2S2. The van der Waals surface area contributed by atoms with Crippen LogP contribution in [0, 0.1) is 0 Å². The van der Waals surface area contributed by atoms with Crippen molar-refractivity contribution >= 4 is 48.6 Å². The van der Waals surface area contributed by atoms with Gasteiger partial charge >= 0.3 is 0 Å². The van der Waals surface area contributed by atoms with Gasteiger partial charge in [0.2, 0.25) is 14.9 Å². The Bertz CT molecular complexity index is 1100. The van der Waals surface area contributed by atoms with Crippen LogP contribution >= 0.6 is 22.9 Å². The van der Waals surface area contributed by atoms with E-state index in [1.54, 1.807) is 24.3 Å². The van der Waals surface area contributed by atoms with Crippen LogP contribution in [0.1, 0.15) is 0 Å². The van der Waals surface area contributed by atoms with Crippen molar-refractivity contribution in [2.75, 3.05) is 0 Å². The van der Waals surface area contributed by atoms with Gasteiger partial charge in [-0.1, -0.05) is 35.0 Å². The van der Waals surface area contributed by atoms with Crippen molar-refractivity contribution in [2.24, 2.45) is 0 Å². The molecule has 3 heterocycles.